The van der Waals surface area contributed by atoms with Crippen molar-refractivity contribution < 1.29 is 14.6 Å². The molecule has 0 saturated carbocycles. The van der Waals surface area contributed by atoms with Gasteiger partial charge >= 0.3 is 0 Å². The molecular weight excluding hydrogens is 313 g/mol. The highest BCUT2D eigenvalue weighted by Crippen LogP contribution is 2.28. The fourth-order valence-corrected chi connectivity index (χ4v) is 2.70. The highest BCUT2D eigenvalue weighted by Gasteiger charge is 2.20. The molecule has 0 spiro atoms. The lowest BCUT2D eigenvalue weighted by Gasteiger charge is -2.22. The number of halogens is 1. The van der Waals surface area contributed by atoms with Crippen molar-refractivity contribution >= 4 is 16.9 Å². The molecule has 0 radical (unpaired) electrons. The van der Waals surface area contributed by atoms with Crippen LogP contribution in [0.1, 0.15) is 5.69 Å². The van der Waals surface area contributed by atoms with Crippen molar-refractivity contribution in [2.45, 2.75) is 6.92 Å². The molecule has 2 heterocycles. The predicted octanol–water partition coefficient (Wildman–Crippen LogP) is 1.05. The third kappa shape index (κ3) is 2.81. The van der Waals surface area contributed by atoms with E-state index in [0.717, 1.165) is 0 Å². The molecule has 1 aromatic carbocycles. The smallest absolute Gasteiger partial charge is 0.168 e. The molecule has 0 unspecified atom stereocenters. The molecule has 8 heteroatoms. The van der Waals surface area contributed by atoms with Gasteiger partial charge in [0.25, 0.3) is 0 Å². The lowest BCUT2D eigenvalue weighted by atomic mass is 10.2. The van der Waals surface area contributed by atoms with Crippen molar-refractivity contribution in [1.29, 1.82) is 0 Å². The maximum atomic E-state index is 14.1. The molecule has 7 nitrogen and oxygen atoms in total. The number of aliphatic hydroxyl groups excluding tert-OH is 2. The van der Waals surface area contributed by atoms with E-state index < -0.39 is 5.82 Å². The number of hydrogen-bond acceptors (Lipinski definition) is 6. The number of rotatable bonds is 6. The molecule has 0 aliphatic rings. The van der Waals surface area contributed by atoms with Gasteiger partial charge in [-0.2, -0.15) is 5.10 Å². The second-order valence-electron chi connectivity index (χ2n) is 5.28. The van der Waals surface area contributed by atoms with Crippen molar-refractivity contribution in [2.75, 3.05) is 31.2 Å². The van der Waals surface area contributed by atoms with Crippen LogP contribution in [0.2, 0.25) is 0 Å². The van der Waals surface area contributed by atoms with Crippen LogP contribution in [0.25, 0.3) is 16.7 Å². The van der Waals surface area contributed by atoms with Gasteiger partial charge in [-0.1, -0.05) is 12.1 Å². The van der Waals surface area contributed by atoms with Crippen LogP contribution in [0.3, 0.4) is 0 Å². The van der Waals surface area contributed by atoms with Crippen LogP contribution in [0.4, 0.5) is 10.2 Å². The van der Waals surface area contributed by atoms with Gasteiger partial charge in [0.05, 0.1) is 24.3 Å². The van der Waals surface area contributed by atoms with Crippen molar-refractivity contribution in [3.8, 4) is 5.69 Å². The first kappa shape index (κ1) is 16.3. The summed E-state index contributed by atoms with van der Waals surface area (Å²) in [6.45, 7) is 2.27. The van der Waals surface area contributed by atoms with Gasteiger partial charge in [0, 0.05) is 13.1 Å². The van der Waals surface area contributed by atoms with Crippen LogP contribution in [-0.4, -0.2) is 56.3 Å². The Morgan fingerprint density at radius 1 is 1.12 bits per heavy atom. The Morgan fingerprint density at radius 2 is 1.83 bits per heavy atom. The van der Waals surface area contributed by atoms with Gasteiger partial charge < -0.3 is 15.1 Å². The number of aryl methyl sites for hydroxylation is 1. The number of hydrogen-bond donors (Lipinski definition) is 2. The summed E-state index contributed by atoms with van der Waals surface area (Å²) in [5.74, 6) is 0.160. The second kappa shape index (κ2) is 6.90. The third-order valence-electron chi connectivity index (χ3n) is 3.74. The summed E-state index contributed by atoms with van der Waals surface area (Å²) in [5.41, 5.74) is 1.42. The van der Waals surface area contributed by atoms with Crippen molar-refractivity contribution in [2.24, 2.45) is 0 Å². The minimum atomic E-state index is -0.398. The molecular formula is C16H18FN5O2. The molecule has 3 aromatic rings. The van der Waals surface area contributed by atoms with Crippen LogP contribution in [0.15, 0.2) is 30.6 Å². The third-order valence-corrected chi connectivity index (χ3v) is 3.74. The van der Waals surface area contributed by atoms with E-state index >= 15 is 0 Å². The van der Waals surface area contributed by atoms with E-state index in [9.17, 15) is 14.6 Å². The number of para-hydroxylation sites is 1. The first-order valence-electron chi connectivity index (χ1n) is 7.59. The lowest BCUT2D eigenvalue weighted by Crippen LogP contribution is -2.30. The molecule has 2 N–H and O–H groups in total. The highest BCUT2D eigenvalue weighted by molar-refractivity contribution is 5.90. The van der Waals surface area contributed by atoms with E-state index in [1.165, 1.54) is 17.1 Å². The SMILES string of the molecule is Cc1nn(-c2ccccc2F)c2ncnc(N(CCO)CCO)c12. The van der Waals surface area contributed by atoms with Gasteiger partial charge in [-0.15, -0.1) is 0 Å². The normalized spacial score (nSPS) is 11.2. The van der Waals surface area contributed by atoms with Gasteiger partial charge in [0.15, 0.2) is 5.65 Å². The van der Waals surface area contributed by atoms with Gasteiger partial charge in [-0.05, 0) is 19.1 Å². The largest absolute Gasteiger partial charge is 0.395 e. The highest BCUT2D eigenvalue weighted by atomic mass is 19.1. The number of benzene rings is 1. The number of anilines is 1. The molecule has 24 heavy (non-hydrogen) atoms. The topological polar surface area (TPSA) is 87.3 Å². The van der Waals surface area contributed by atoms with Crippen molar-refractivity contribution in [1.82, 2.24) is 19.7 Å². The Balaban J connectivity index is 2.20. The van der Waals surface area contributed by atoms with E-state index in [1.54, 1.807) is 30.0 Å². The number of nitrogens with zero attached hydrogens (tertiary/aromatic N) is 5. The predicted molar refractivity (Wildman–Crippen MR) is 87.7 cm³/mol. The molecule has 3 rings (SSSR count). The van der Waals surface area contributed by atoms with Crippen molar-refractivity contribution in [3.63, 3.8) is 0 Å². The standard InChI is InChI=1S/C16H18FN5O2/c1-11-14-15(21(6-8-23)7-9-24)18-10-19-16(14)22(20-11)13-5-3-2-4-12(13)17/h2-5,10,23-24H,6-9H2,1H3. The summed E-state index contributed by atoms with van der Waals surface area (Å²) in [6.07, 6.45) is 1.37. The van der Waals surface area contributed by atoms with Crippen molar-refractivity contribution in [3.05, 3.63) is 42.1 Å². The molecule has 0 saturated heterocycles. The van der Waals surface area contributed by atoms with Crippen LogP contribution >= 0.6 is 0 Å². The quantitative estimate of drug-likeness (QED) is 0.702. The zero-order chi connectivity index (χ0) is 17.1. The molecule has 126 valence electrons. The Kier molecular flexibility index (Phi) is 4.68. The number of aromatic nitrogens is 4. The van der Waals surface area contributed by atoms with E-state index in [2.05, 4.69) is 15.1 Å². The zero-order valence-electron chi connectivity index (χ0n) is 13.2. The van der Waals surface area contributed by atoms with E-state index in [0.29, 0.717) is 41.3 Å². The summed E-state index contributed by atoms with van der Waals surface area (Å²) in [6, 6.07) is 6.33. The second-order valence-corrected chi connectivity index (χ2v) is 5.28. The van der Waals surface area contributed by atoms with Gasteiger partial charge in [-0.25, -0.2) is 19.0 Å². The monoisotopic (exact) mass is 331 g/mol. The Bertz CT molecular complexity index is 846. The summed E-state index contributed by atoms with van der Waals surface area (Å²) >= 11 is 0. The zero-order valence-corrected chi connectivity index (χ0v) is 13.2. The average Bonchev–Trinajstić information content (AvgIpc) is 2.92. The van der Waals surface area contributed by atoms with Crippen LogP contribution in [0.5, 0.6) is 0 Å². The summed E-state index contributed by atoms with van der Waals surface area (Å²) in [5, 5.41) is 23.6. The van der Waals surface area contributed by atoms with E-state index in [1.807, 2.05) is 0 Å². The van der Waals surface area contributed by atoms with Crippen LogP contribution in [0, 0.1) is 12.7 Å². The minimum absolute atomic E-state index is 0.0774. The first-order chi connectivity index (χ1) is 11.7. The Morgan fingerprint density at radius 3 is 2.50 bits per heavy atom. The molecule has 0 atom stereocenters. The van der Waals surface area contributed by atoms with Crippen LogP contribution < -0.4 is 4.90 Å². The van der Waals surface area contributed by atoms with Gasteiger partial charge in [-0.3, -0.25) is 0 Å². The number of fused-ring (bicyclic) bond motifs is 1. The Hall–Kier alpha value is -2.58. The summed E-state index contributed by atoms with van der Waals surface area (Å²) in [4.78, 5) is 10.3. The fraction of sp³-hybridized carbons (Fsp3) is 0.312. The maximum absolute atomic E-state index is 14.1. The van der Waals surface area contributed by atoms with Gasteiger partial charge in [0.1, 0.15) is 23.6 Å². The first-order valence-corrected chi connectivity index (χ1v) is 7.59. The molecule has 0 aliphatic carbocycles. The summed E-state index contributed by atoms with van der Waals surface area (Å²) < 4.78 is 15.6. The Labute approximate surface area is 138 Å². The fourth-order valence-electron chi connectivity index (χ4n) is 2.70. The summed E-state index contributed by atoms with van der Waals surface area (Å²) in [7, 11) is 0. The molecule has 0 fully saturated rings. The van der Waals surface area contributed by atoms with E-state index in [-0.39, 0.29) is 13.2 Å². The van der Waals surface area contributed by atoms with Crippen LogP contribution in [-0.2, 0) is 0 Å². The van der Waals surface area contributed by atoms with Gasteiger partial charge in [0.2, 0.25) is 0 Å². The average molecular weight is 331 g/mol. The molecule has 0 bridgehead atoms. The lowest BCUT2D eigenvalue weighted by molar-refractivity contribution is 0.281. The minimum Gasteiger partial charge on any atom is -0.395 e. The molecule has 0 amide bonds. The van der Waals surface area contributed by atoms with E-state index in [4.69, 9.17) is 0 Å². The molecule has 2 aromatic heterocycles. The molecule has 0 aliphatic heterocycles. The number of aliphatic hydroxyl groups is 2. The maximum Gasteiger partial charge on any atom is 0.168 e.